The van der Waals surface area contributed by atoms with Crippen molar-refractivity contribution in [2.75, 3.05) is 28.4 Å². The lowest BCUT2D eigenvalue weighted by Crippen LogP contribution is -2.39. The number of rotatable bonds is 10. The van der Waals surface area contributed by atoms with Crippen molar-refractivity contribution in [2.24, 2.45) is 0 Å². The molecule has 0 rings (SSSR count). The van der Waals surface area contributed by atoms with Gasteiger partial charge in [-0.15, -0.1) is 0 Å². The highest BCUT2D eigenvalue weighted by Gasteiger charge is 2.23. The second-order valence-corrected chi connectivity index (χ2v) is 9.81. The highest BCUT2D eigenvalue weighted by Crippen LogP contribution is 1.96. The Morgan fingerprint density at radius 3 is 1.40 bits per heavy atom. The first-order valence-electron chi connectivity index (χ1n) is 4.20. The second-order valence-electron chi connectivity index (χ2n) is 2.33. The van der Waals surface area contributed by atoms with Crippen molar-refractivity contribution in [2.45, 2.75) is 0 Å². The average Bonchev–Trinajstić information content (AvgIpc) is 2.28. The van der Waals surface area contributed by atoms with Crippen molar-refractivity contribution in [1.29, 1.82) is 0 Å². The largest absolute Gasteiger partial charge is 0.467 e. The van der Waals surface area contributed by atoms with Crippen molar-refractivity contribution in [3.63, 3.8) is 0 Å². The van der Waals surface area contributed by atoms with E-state index in [0.717, 1.165) is 0 Å². The fraction of sp³-hybridized carbons (Fsp3) is 1.00. The molecule has 0 bridgehead atoms. The van der Waals surface area contributed by atoms with E-state index in [2.05, 4.69) is 0 Å². The second kappa shape index (κ2) is 11.1. The molecule has 0 amide bonds. The third-order valence-corrected chi connectivity index (χ3v) is 7.54. The standard InChI is InChI=1S/C4H18O7Si4/c1-5-12-9-14(7-3)11-15(8-4)10-13-6-2/h14-15H,12-13H2,1-4H3. The van der Waals surface area contributed by atoms with Crippen LogP contribution in [-0.4, -0.2) is 67.5 Å². The molecule has 0 aliphatic rings. The van der Waals surface area contributed by atoms with Gasteiger partial charge in [-0.05, 0) is 0 Å². The van der Waals surface area contributed by atoms with Crippen LogP contribution in [0, 0.1) is 0 Å². The summed E-state index contributed by atoms with van der Waals surface area (Å²) in [6, 6.07) is 0. The Morgan fingerprint density at radius 2 is 1.13 bits per heavy atom. The van der Waals surface area contributed by atoms with Crippen molar-refractivity contribution >= 4 is 39.1 Å². The summed E-state index contributed by atoms with van der Waals surface area (Å²) in [6.07, 6.45) is 0. The van der Waals surface area contributed by atoms with E-state index in [1.807, 2.05) is 0 Å². The Labute approximate surface area is 98.0 Å². The minimum Gasteiger partial charge on any atom is -0.403 e. The lowest BCUT2D eigenvalue weighted by Gasteiger charge is -2.19. The monoisotopic (exact) mass is 290 g/mol. The van der Waals surface area contributed by atoms with E-state index < -0.39 is 39.1 Å². The Balaban J connectivity index is 3.77. The van der Waals surface area contributed by atoms with E-state index in [9.17, 15) is 0 Å². The molecule has 0 saturated heterocycles. The molecule has 7 nitrogen and oxygen atoms in total. The summed E-state index contributed by atoms with van der Waals surface area (Å²) in [5.74, 6) is 0. The average molecular weight is 291 g/mol. The summed E-state index contributed by atoms with van der Waals surface area (Å²) in [4.78, 5) is 0. The van der Waals surface area contributed by atoms with Gasteiger partial charge in [0, 0.05) is 28.4 Å². The molecule has 0 radical (unpaired) electrons. The molecule has 0 aromatic carbocycles. The fourth-order valence-corrected chi connectivity index (χ4v) is 7.39. The van der Waals surface area contributed by atoms with Crippen LogP contribution in [-0.2, 0) is 30.0 Å². The van der Waals surface area contributed by atoms with Crippen LogP contribution in [0.15, 0.2) is 0 Å². The summed E-state index contributed by atoms with van der Waals surface area (Å²) in [6.45, 7) is 0. The summed E-state index contributed by atoms with van der Waals surface area (Å²) in [5.41, 5.74) is 0. The van der Waals surface area contributed by atoms with Crippen LogP contribution in [0.1, 0.15) is 0 Å². The molecule has 2 unspecified atom stereocenters. The highest BCUT2D eigenvalue weighted by atomic mass is 28.4. The van der Waals surface area contributed by atoms with E-state index in [4.69, 9.17) is 30.0 Å². The van der Waals surface area contributed by atoms with Gasteiger partial charge in [-0.25, -0.2) is 0 Å². The van der Waals surface area contributed by atoms with Gasteiger partial charge in [-0.1, -0.05) is 0 Å². The van der Waals surface area contributed by atoms with E-state index >= 15 is 0 Å². The van der Waals surface area contributed by atoms with Gasteiger partial charge >= 0.3 is 19.1 Å². The van der Waals surface area contributed by atoms with Crippen molar-refractivity contribution in [1.82, 2.24) is 0 Å². The van der Waals surface area contributed by atoms with Gasteiger partial charge in [0.2, 0.25) is 0 Å². The first-order valence-corrected chi connectivity index (χ1v) is 9.34. The normalized spacial score (nSPS) is 16.8. The molecule has 15 heavy (non-hydrogen) atoms. The molecule has 0 saturated carbocycles. The van der Waals surface area contributed by atoms with Gasteiger partial charge in [0.1, 0.15) is 0 Å². The lowest BCUT2D eigenvalue weighted by molar-refractivity contribution is 0.167. The molecular weight excluding hydrogens is 272 g/mol. The molecule has 0 aliphatic heterocycles. The summed E-state index contributed by atoms with van der Waals surface area (Å²) in [7, 11) is -0.0190. The summed E-state index contributed by atoms with van der Waals surface area (Å²) >= 11 is 0. The molecule has 0 spiro atoms. The van der Waals surface area contributed by atoms with Gasteiger partial charge < -0.3 is 30.0 Å². The van der Waals surface area contributed by atoms with Gasteiger partial charge in [0.25, 0.3) is 20.0 Å². The molecule has 92 valence electrons. The van der Waals surface area contributed by atoms with Gasteiger partial charge in [-0.3, -0.25) is 0 Å². The van der Waals surface area contributed by atoms with E-state index in [1.54, 1.807) is 14.2 Å². The number of hydrogen-bond acceptors (Lipinski definition) is 7. The van der Waals surface area contributed by atoms with Crippen LogP contribution < -0.4 is 0 Å². The third kappa shape index (κ3) is 8.40. The molecule has 0 aliphatic carbocycles. The van der Waals surface area contributed by atoms with Crippen molar-refractivity contribution in [3.8, 4) is 0 Å². The predicted molar refractivity (Wildman–Crippen MR) is 62.7 cm³/mol. The molecule has 11 heteroatoms. The van der Waals surface area contributed by atoms with Crippen LogP contribution in [0.2, 0.25) is 0 Å². The van der Waals surface area contributed by atoms with Gasteiger partial charge in [0.05, 0.1) is 0 Å². The van der Waals surface area contributed by atoms with Crippen molar-refractivity contribution < 1.29 is 30.0 Å². The third-order valence-electron chi connectivity index (χ3n) is 1.25. The Morgan fingerprint density at radius 1 is 0.733 bits per heavy atom. The van der Waals surface area contributed by atoms with Crippen LogP contribution in [0.5, 0.6) is 0 Å². The molecule has 0 aromatic heterocycles. The van der Waals surface area contributed by atoms with Crippen LogP contribution in [0.4, 0.5) is 0 Å². The molecule has 0 heterocycles. The summed E-state index contributed by atoms with van der Waals surface area (Å²) < 4.78 is 36.0. The highest BCUT2D eigenvalue weighted by molar-refractivity contribution is 6.57. The summed E-state index contributed by atoms with van der Waals surface area (Å²) in [5, 5.41) is 0. The minimum absolute atomic E-state index is 1.00. The smallest absolute Gasteiger partial charge is 0.403 e. The molecule has 0 N–H and O–H groups in total. The van der Waals surface area contributed by atoms with Crippen LogP contribution in [0.25, 0.3) is 0 Å². The molecular formula is C4H18O7Si4. The maximum absolute atomic E-state index is 5.45. The fourth-order valence-electron chi connectivity index (χ4n) is 0.664. The topological polar surface area (TPSA) is 64.6 Å². The first kappa shape index (κ1) is 15.6. The lowest BCUT2D eigenvalue weighted by atomic mass is 11.8. The molecule has 0 aromatic rings. The van der Waals surface area contributed by atoms with Crippen molar-refractivity contribution in [3.05, 3.63) is 0 Å². The van der Waals surface area contributed by atoms with Gasteiger partial charge in [-0.2, -0.15) is 0 Å². The number of hydrogen-bond donors (Lipinski definition) is 0. The predicted octanol–water partition coefficient (Wildman–Crippen LogP) is -2.95. The Kier molecular flexibility index (Phi) is 11.5. The maximum atomic E-state index is 5.45. The zero-order chi connectivity index (χ0) is 11.5. The van der Waals surface area contributed by atoms with Gasteiger partial charge in [0.15, 0.2) is 0 Å². The Hall–Kier alpha value is 0.588. The zero-order valence-corrected chi connectivity index (χ0v) is 14.6. The SMILES string of the molecule is CO[SiH2]O[SiH](OC)O[SiH](OC)O[SiH2]OC. The molecule has 2 atom stereocenters. The van der Waals surface area contributed by atoms with Crippen LogP contribution >= 0.6 is 0 Å². The zero-order valence-electron chi connectivity index (χ0n) is 9.43. The molecule has 0 fully saturated rings. The maximum Gasteiger partial charge on any atom is 0.467 e. The quantitative estimate of drug-likeness (QED) is 0.399. The van der Waals surface area contributed by atoms with Crippen LogP contribution in [0.3, 0.4) is 0 Å². The first-order chi connectivity index (χ1) is 7.28. The van der Waals surface area contributed by atoms with E-state index in [1.165, 1.54) is 14.2 Å². The van der Waals surface area contributed by atoms with E-state index in [0.29, 0.717) is 0 Å². The van der Waals surface area contributed by atoms with E-state index in [-0.39, 0.29) is 0 Å². The minimum atomic E-state index is -2.13. The Bertz CT molecular complexity index is 126.